The minimum absolute atomic E-state index is 0.0792. The van der Waals surface area contributed by atoms with E-state index in [4.69, 9.17) is 0 Å². The number of likely N-dealkylation sites (tertiary alicyclic amines) is 1. The third kappa shape index (κ3) is 4.31. The van der Waals surface area contributed by atoms with Crippen LogP contribution < -0.4 is 5.32 Å². The van der Waals surface area contributed by atoms with E-state index in [-0.39, 0.29) is 29.2 Å². The van der Waals surface area contributed by atoms with Gasteiger partial charge in [-0.05, 0) is 55.4 Å². The lowest BCUT2D eigenvalue weighted by Gasteiger charge is -2.35. The summed E-state index contributed by atoms with van der Waals surface area (Å²) in [6.07, 6.45) is 4.26. The first-order chi connectivity index (χ1) is 14.5. The number of carbonyl (C=O) groups excluding carboxylic acids is 2. The van der Waals surface area contributed by atoms with E-state index in [9.17, 15) is 9.59 Å². The van der Waals surface area contributed by atoms with Crippen LogP contribution in [0, 0.1) is 0 Å². The summed E-state index contributed by atoms with van der Waals surface area (Å²) >= 11 is 3.46. The van der Waals surface area contributed by atoms with E-state index in [1.54, 1.807) is 0 Å². The van der Waals surface area contributed by atoms with E-state index in [0.717, 1.165) is 47.7 Å². The lowest BCUT2D eigenvalue weighted by molar-refractivity contribution is -0.134. The Labute approximate surface area is 187 Å². The summed E-state index contributed by atoms with van der Waals surface area (Å²) in [5.41, 5.74) is 1.84. The molecular weight excluding hydrogens is 440 g/mol. The second kappa shape index (κ2) is 8.93. The van der Waals surface area contributed by atoms with Crippen molar-refractivity contribution in [1.82, 2.24) is 10.2 Å². The highest BCUT2D eigenvalue weighted by Crippen LogP contribution is 2.48. The lowest BCUT2D eigenvalue weighted by Crippen LogP contribution is -2.49. The number of benzene rings is 2. The third-order valence-electron chi connectivity index (χ3n) is 6.63. The molecule has 1 atom stereocenters. The topological polar surface area (TPSA) is 49.4 Å². The highest BCUT2D eigenvalue weighted by Gasteiger charge is 2.51. The number of halogens is 1. The maximum atomic E-state index is 13.1. The largest absolute Gasteiger partial charge is 0.352 e. The molecular formula is C25H29BrN2O2. The Hall–Kier alpha value is -2.14. The second-order valence-electron chi connectivity index (χ2n) is 8.53. The number of rotatable bonds is 6. The first-order valence-electron chi connectivity index (χ1n) is 10.9. The molecule has 0 spiro atoms. The van der Waals surface area contributed by atoms with Gasteiger partial charge in [-0.1, -0.05) is 65.3 Å². The Kier molecular flexibility index (Phi) is 6.28. The van der Waals surface area contributed by atoms with Crippen LogP contribution in [0.15, 0.2) is 59.1 Å². The number of amides is 2. The minimum Gasteiger partial charge on any atom is -0.352 e. The average molecular weight is 469 g/mol. The zero-order valence-electron chi connectivity index (χ0n) is 17.4. The van der Waals surface area contributed by atoms with E-state index < -0.39 is 0 Å². The van der Waals surface area contributed by atoms with E-state index >= 15 is 0 Å². The Morgan fingerprint density at radius 1 is 1.07 bits per heavy atom. The van der Waals surface area contributed by atoms with Crippen LogP contribution in [0.25, 0.3) is 0 Å². The SMILES string of the molecule is CCC(C(=O)N1CCC(NC(=O)C2(c3ccc(Br)cc3)CC2)CC1)c1ccccc1. The molecule has 1 aliphatic heterocycles. The van der Waals surface area contributed by atoms with Crippen molar-refractivity contribution in [3.8, 4) is 0 Å². The zero-order chi connectivity index (χ0) is 21.1. The second-order valence-corrected chi connectivity index (χ2v) is 9.45. The molecule has 0 bridgehead atoms. The van der Waals surface area contributed by atoms with Gasteiger partial charge in [0, 0.05) is 23.6 Å². The van der Waals surface area contributed by atoms with Gasteiger partial charge in [0.1, 0.15) is 0 Å². The van der Waals surface area contributed by atoms with Crippen molar-refractivity contribution in [2.45, 2.75) is 56.4 Å². The van der Waals surface area contributed by atoms with E-state index in [1.165, 1.54) is 0 Å². The fourth-order valence-corrected chi connectivity index (χ4v) is 4.83. The molecule has 5 heteroatoms. The van der Waals surface area contributed by atoms with Gasteiger partial charge in [0.15, 0.2) is 0 Å². The van der Waals surface area contributed by atoms with Crippen LogP contribution in [0.2, 0.25) is 0 Å². The summed E-state index contributed by atoms with van der Waals surface area (Å²) in [5, 5.41) is 3.28. The molecule has 0 radical (unpaired) electrons. The van der Waals surface area contributed by atoms with Crippen molar-refractivity contribution in [3.05, 3.63) is 70.2 Å². The van der Waals surface area contributed by atoms with Crippen molar-refractivity contribution >= 4 is 27.7 Å². The Morgan fingerprint density at radius 3 is 2.27 bits per heavy atom. The summed E-state index contributed by atoms with van der Waals surface area (Å²) in [5.74, 6) is 0.275. The highest BCUT2D eigenvalue weighted by atomic mass is 79.9. The molecule has 1 saturated heterocycles. The van der Waals surface area contributed by atoms with Crippen LogP contribution in [0.5, 0.6) is 0 Å². The molecule has 30 heavy (non-hydrogen) atoms. The van der Waals surface area contributed by atoms with Gasteiger partial charge in [-0.25, -0.2) is 0 Å². The fourth-order valence-electron chi connectivity index (χ4n) is 4.57. The van der Waals surface area contributed by atoms with Gasteiger partial charge in [-0.15, -0.1) is 0 Å². The average Bonchev–Trinajstić information content (AvgIpc) is 3.58. The van der Waals surface area contributed by atoms with Crippen molar-refractivity contribution in [2.24, 2.45) is 0 Å². The van der Waals surface area contributed by atoms with E-state index in [0.29, 0.717) is 13.1 Å². The molecule has 4 rings (SSSR count). The number of piperidine rings is 1. The number of nitrogens with zero attached hydrogens (tertiary/aromatic N) is 1. The Morgan fingerprint density at radius 2 is 1.70 bits per heavy atom. The molecule has 2 amide bonds. The number of hydrogen-bond donors (Lipinski definition) is 1. The van der Waals surface area contributed by atoms with E-state index in [2.05, 4.69) is 28.2 Å². The monoisotopic (exact) mass is 468 g/mol. The molecule has 2 aromatic rings. The number of hydrogen-bond acceptors (Lipinski definition) is 2. The molecule has 4 nitrogen and oxygen atoms in total. The molecule has 1 heterocycles. The molecule has 2 aromatic carbocycles. The molecule has 158 valence electrons. The van der Waals surface area contributed by atoms with Crippen molar-refractivity contribution < 1.29 is 9.59 Å². The lowest BCUT2D eigenvalue weighted by atomic mass is 9.92. The van der Waals surface area contributed by atoms with Gasteiger partial charge in [0.25, 0.3) is 0 Å². The molecule has 2 fully saturated rings. The van der Waals surface area contributed by atoms with E-state index in [1.807, 2.05) is 59.5 Å². The van der Waals surface area contributed by atoms with Gasteiger partial charge < -0.3 is 10.2 Å². The predicted molar refractivity (Wildman–Crippen MR) is 122 cm³/mol. The van der Waals surface area contributed by atoms with Crippen LogP contribution >= 0.6 is 15.9 Å². The first kappa shape index (κ1) is 21.1. The molecule has 1 unspecified atom stereocenters. The van der Waals surface area contributed by atoms with Crippen LogP contribution in [-0.2, 0) is 15.0 Å². The molecule has 1 N–H and O–H groups in total. The maximum Gasteiger partial charge on any atom is 0.230 e. The summed E-state index contributed by atoms with van der Waals surface area (Å²) in [6.45, 7) is 3.48. The zero-order valence-corrected chi connectivity index (χ0v) is 19.0. The molecule has 1 saturated carbocycles. The highest BCUT2D eigenvalue weighted by molar-refractivity contribution is 9.10. The van der Waals surface area contributed by atoms with Gasteiger partial charge in [-0.3, -0.25) is 9.59 Å². The maximum absolute atomic E-state index is 13.1. The molecule has 2 aliphatic rings. The van der Waals surface area contributed by atoms with Crippen LogP contribution in [0.3, 0.4) is 0 Å². The van der Waals surface area contributed by atoms with Crippen LogP contribution in [0.4, 0.5) is 0 Å². The van der Waals surface area contributed by atoms with Gasteiger partial charge in [0.05, 0.1) is 11.3 Å². The van der Waals surface area contributed by atoms with Crippen molar-refractivity contribution in [2.75, 3.05) is 13.1 Å². The third-order valence-corrected chi connectivity index (χ3v) is 7.16. The molecule has 0 aromatic heterocycles. The smallest absolute Gasteiger partial charge is 0.230 e. The first-order valence-corrected chi connectivity index (χ1v) is 11.7. The normalized spacial score (nSPS) is 19.2. The van der Waals surface area contributed by atoms with Crippen molar-refractivity contribution in [1.29, 1.82) is 0 Å². The minimum atomic E-state index is -0.353. The summed E-state index contributed by atoms with van der Waals surface area (Å²) < 4.78 is 1.03. The Bertz CT molecular complexity index is 885. The fraction of sp³-hybridized carbons (Fsp3) is 0.440. The summed E-state index contributed by atoms with van der Waals surface area (Å²) in [4.78, 5) is 28.1. The van der Waals surface area contributed by atoms with Crippen LogP contribution in [-0.4, -0.2) is 35.8 Å². The molecule has 1 aliphatic carbocycles. The quantitative estimate of drug-likeness (QED) is 0.662. The number of nitrogens with one attached hydrogen (secondary N) is 1. The van der Waals surface area contributed by atoms with Gasteiger partial charge in [-0.2, -0.15) is 0 Å². The van der Waals surface area contributed by atoms with Crippen LogP contribution in [0.1, 0.15) is 56.1 Å². The predicted octanol–water partition coefficient (Wildman–Crippen LogP) is 4.78. The Balaban J connectivity index is 1.33. The van der Waals surface area contributed by atoms with Gasteiger partial charge >= 0.3 is 0 Å². The van der Waals surface area contributed by atoms with Crippen molar-refractivity contribution in [3.63, 3.8) is 0 Å². The van der Waals surface area contributed by atoms with Gasteiger partial charge in [0.2, 0.25) is 11.8 Å². The summed E-state index contributed by atoms with van der Waals surface area (Å²) in [6, 6.07) is 18.3. The number of carbonyl (C=O) groups is 2. The standard InChI is InChI=1S/C25H29BrN2O2/c1-2-22(18-6-4-3-5-7-18)23(29)28-16-12-21(13-17-28)27-24(30)25(14-15-25)19-8-10-20(26)11-9-19/h3-11,21-22H,2,12-17H2,1H3,(H,27,30). The summed E-state index contributed by atoms with van der Waals surface area (Å²) in [7, 11) is 0.